The van der Waals surface area contributed by atoms with Crippen molar-refractivity contribution in [2.45, 2.75) is 19.6 Å². The summed E-state index contributed by atoms with van der Waals surface area (Å²) in [5.74, 6) is -1.64. The molecule has 0 aliphatic rings. The molecule has 0 aliphatic heterocycles. The Hall–Kier alpha value is -1.27. The van der Waals surface area contributed by atoms with Gasteiger partial charge >= 0.3 is 6.11 Å². The standard InChI is InChI=1S/C11H13F3O3/c1-3-17-6-7-4-8(12)10(11(13,14)15)9(5-7)16-2/h4-5,15H,3,6H2,1-2H3. The predicted octanol–water partition coefficient (Wildman–Crippen LogP) is 2.41. The van der Waals surface area contributed by atoms with Crippen LogP contribution in [0.4, 0.5) is 13.2 Å². The quantitative estimate of drug-likeness (QED) is 0.872. The summed E-state index contributed by atoms with van der Waals surface area (Å²) in [6.07, 6.45) is -4.28. The first-order valence-corrected chi connectivity index (χ1v) is 4.95. The molecule has 0 radical (unpaired) electrons. The molecule has 1 N–H and O–H groups in total. The van der Waals surface area contributed by atoms with Crippen LogP contribution in [0, 0.1) is 5.82 Å². The Kier molecular flexibility index (Phi) is 4.36. The van der Waals surface area contributed by atoms with Gasteiger partial charge in [0.2, 0.25) is 0 Å². The summed E-state index contributed by atoms with van der Waals surface area (Å²) in [7, 11) is 1.12. The number of methoxy groups -OCH3 is 1. The molecule has 0 saturated carbocycles. The van der Waals surface area contributed by atoms with Gasteiger partial charge < -0.3 is 14.6 Å². The summed E-state index contributed by atoms with van der Waals surface area (Å²) in [4.78, 5) is 0. The van der Waals surface area contributed by atoms with E-state index in [2.05, 4.69) is 4.74 Å². The van der Waals surface area contributed by atoms with Crippen LogP contribution < -0.4 is 4.74 Å². The first kappa shape index (κ1) is 13.8. The van der Waals surface area contributed by atoms with Gasteiger partial charge in [-0.05, 0) is 24.6 Å². The van der Waals surface area contributed by atoms with Crippen molar-refractivity contribution >= 4 is 0 Å². The lowest BCUT2D eigenvalue weighted by molar-refractivity contribution is -0.211. The minimum atomic E-state index is -4.28. The topological polar surface area (TPSA) is 38.7 Å². The van der Waals surface area contributed by atoms with Gasteiger partial charge in [-0.2, -0.15) is 8.78 Å². The van der Waals surface area contributed by atoms with E-state index >= 15 is 0 Å². The molecule has 0 aromatic heterocycles. The van der Waals surface area contributed by atoms with Gasteiger partial charge in [0.1, 0.15) is 17.1 Å². The second-order valence-corrected chi connectivity index (χ2v) is 3.33. The average molecular weight is 250 g/mol. The third-order valence-corrected chi connectivity index (χ3v) is 2.11. The number of rotatable bonds is 5. The molecule has 6 heteroatoms. The summed E-state index contributed by atoms with van der Waals surface area (Å²) in [5, 5.41) is 8.56. The average Bonchev–Trinajstić information content (AvgIpc) is 2.23. The van der Waals surface area contributed by atoms with Crippen molar-refractivity contribution in [3.8, 4) is 5.75 Å². The molecule has 0 atom stereocenters. The van der Waals surface area contributed by atoms with Crippen LogP contribution in [0.1, 0.15) is 18.1 Å². The van der Waals surface area contributed by atoms with Crippen molar-refractivity contribution in [1.29, 1.82) is 0 Å². The molecule has 0 amide bonds. The molecular formula is C11H13F3O3. The van der Waals surface area contributed by atoms with E-state index in [-0.39, 0.29) is 6.61 Å². The lowest BCUT2D eigenvalue weighted by Crippen LogP contribution is -2.16. The van der Waals surface area contributed by atoms with E-state index in [9.17, 15) is 13.2 Å². The van der Waals surface area contributed by atoms with Crippen LogP contribution in [0.25, 0.3) is 0 Å². The Morgan fingerprint density at radius 3 is 2.47 bits per heavy atom. The van der Waals surface area contributed by atoms with Crippen LogP contribution in [-0.2, 0) is 17.5 Å². The second-order valence-electron chi connectivity index (χ2n) is 3.33. The fraction of sp³-hybridized carbons (Fsp3) is 0.455. The zero-order chi connectivity index (χ0) is 13.1. The van der Waals surface area contributed by atoms with Gasteiger partial charge in [0, 0.05) is 6.61 Å². The number of hydrogen-bond acceptors (Lipinski definition) is 3. The van der Waals surface area contributed by atoms with Crippen LogP contribution in [0.2, 0.25) is 0 Å². The number of ether oxygens (including phenoxy) is 2. The van der Waals surface area contributed by atoms with E-state index in [0.717, 1.165) is 13.2 Å². The fourth-order valence-corrected chi connectivity index (χ4v) is 1.39. The van der Waals surface area contributed by atoms with Crippen LogP contribution >= 0.6 is 0 Å². The minimum absolute atomic E-state index is 0.0844. The van der Waals surface area contributed by atoms with E-state index in [1.165, 1.54) is 6.07 Å². The Morgan fingerprint density at radius 2 is 2.00 bits per heavy atom. The molecule has 0 saturated heterocycles. The van der Waals surface area contributed by atoms with Crippen molar-refractivity contribution in [3.05, 3.63) is 29.1 Å². The summed E-state index contributed by atoms with van der Waals surface area (Å²) < 4.78 is 48.6. The van der Waals surface area contributed by atoms with Crippen LogP contribution in [0.15, 0.2) is 12.1 Å². The normalized spacial score (nSPS) is 11.6. The fourth-order valence-electron chi connectivity index (χ4n) is 1.39. The Bertz CT molecular complexity index is 388. The lowest BCUT2D eigenvalue weighted by atomic mass is 10.1. The Labute approximate surface area is 96.8 Å². The number of alkyl halides is 2. The summed E-state index contributed by atoms with van der Waals surface area (Å²) in [6.45, 7) is 2.26. The minimum Gasteiger partial charge on any atom is -0.496 e. The molecule has 1 rings (SSSR count). The van der Waals surface area contributed by atoms with Gasteiger partial charge in [-0.3, -0.25) is 0 Å². The first-order chi connectivity index (χ1) is 7.90. The maximum Gasteiger partial charge on any atom is 0.387 e. The van der Waals surface area contributed by atoms with Gasteiger partial charge in [0.25, 0.3) is 0 Å². The number of benzene rings is 1. The van der Waals surface area contributed by atoms with Crippen molar-refractivity contribution in [3.63, 3.8) is 0 Å². The number of halogens is 3. The monoisotopic (exact) mass is 250 g/mol. The Morgan fingerprint density at radius 1 is 1.35 bits per heavy atom. The van der Waals surface area contributed by atoms with Crippen molar-refractivity contribution in [2.24, 2.45) is 0 Å². The third kappa shape index (κ3) is 3.34. The molecule has 96 valence electrons. The van der Waals surface area contributed by atoms with E-state index in [1.54, 1.807) is 6.92 Å². The smallest absolute Gasteiger partial charge is 0.387 e. The van der Waals surface area contributed by atoms with Crippen LogP contribution in [0.3, 0.4) is 0 Å². The van der Waals surface area contributed by atoms with Crippen molar-refractivity contribution in [1.82, 2.24) is 0 Å². The van der Waals surface area contributed by atoms with Gasteiger partial charge in [-0.1, -0.05) is 0 Å². The SMILES string of the molecule is CCOCc1cc(F)c(C(O)(F)F)c(OC)c1. The van der Waals surface area contributed by atoms with E-state index in [4.69, 9.17) is 9.84 Å². The van der Waals surface area contributed by atoms with Gasteiger partial charge in [-0.15, -0.1) is 0 Å². The molecule has 1 aromatic rings. The predicted molar refractivity (Wildman–Crippen MR) is 54.4 cm³/mol. The molecule has 0 heterocycles. The zero-order valence-electron chi connectivity index (χ0n) is 9.47. The summed E-state index contributed by atoms with van der Waals surface area (Å²) in [6, 6.07) is 2.09. The Balaban J connectivity index is 3.17. The van der Waals surface area contributed by atoms with Gasteiger partial charge in [-0.25, -0.2) is 4.39 Å². The number of hydrogen-bond donors (Lipinski definition) is 1. The molecule has 0 aliphatic carbocycles. The molecule has 1 aromatic carbocycles. The highest BCUT2D eigenvalue weighted by Gasteiger charge is 2.35. The largest absolute Gasteiger partial charge is 0.496 e. The third-order valence-electron chi connectivity index (χ3n) is 2.11. The van der Waals surface area contributed by atoms with E-state index in [0.29, 0.717) is 12.2 Å². The molecule has 0 unspecified atom stereocenters. The second kappa shape index (κ2) is 5.37. The van der Waals surface area contributed by atoms with Crippen LogP contribution in [0.5, 0.6) is 5.75 Å². The summed E-state index contributed by atoms with van der Waals surface area (Å²) in [5.41, 5.74) is -0.811. The molecular weight excluding hydrogens is 237 g/mol. The van der Waals surface area contributed by atoms with Crippen molar-refractivity contribution < 1.29 is 27.8 Å². The zero-order valence-corrected chi connectivity index (χ0v) is 9.47. The molecule has 17 heavy (non-hydrogen) atoms. The van der Waals surface area contributed by atoms with Crippen molar-refractivity contribution in [2.75, 3.05) is 13.7 Å². The summed E-state index contributed by atoms with van der Waals surface area (Å²) >= 11 is 0. The lowest BCUT2D eigenvalue weighted by Gasteiger charge is -2.15. The van der Waals surface area contributed by atoms with E-state index in [1.807, 2.05) is 0 Å². The molecule has 0 bridgehead atoms. The maximum absolute atomic E-state index is 13.4. The highest BCUT2D eigenvalue weighted by molar-refractivity contribution is 5.40. The maximum atomic E-state index is 13.4. The number of aliphatic hydroxyl groups is 1. The van der Waals surface area contributed by atoms with Gasteiger partial charge in [0.05, 0.1) is 13.7 Å². The molecule has 3 nitrogen and oxygen atoms in total. The van der Waals surface area contributed by atoms with E-state index < -0.39 is 23.2 Å². The van der Waals surface area contributed by atoms with Crippen LogP contribution in [-0.4, -0.2) is 18.8 Å². The van der Waals surface area contributed by atoms with Gasteiger partial charge in [0.15, 0.2) is 0 Å². The molecule has 0 spiro atoms. The highest BCUT2D eigenvalue weighted by atomic mass is 19.3. The highest BCUT2D eigenvalue weighted by Crippen LogP contribution is 2.35. The first-order valence-electron chi connectivity index (χ1n) is 4.95. The molecule has 0 fully saturated rings.